The minimum absolute atomic E-state index is 0.134. The molecule has 0 spiro atoms. The zero-order valence-electron chi connectivity index (χ0n) is 14.9. The van der Waals surface area contributed by atoms with Gasteiger partial charge in [0.05, 0.1) is 32.0 Å². The molecule has 2 aromatic carbocycles. The van der Waals surface area contributed by atoms with Crippen molar-refractivity contribution in [3.63, 3.8) is 0 Å². The Balaban J connectivity index is 1.79. The maximum Gasteiger partial charge on any atom is 0.307 e. The van der Waals surface area contributed by atoms with Gasteiger partial charge in [-0.3, -0.25) is 4.79 Å². The average molecular weight is 433 g/mol. The molecule has 0 aliphatic rings. The number of furan rings is 1. The van der Waals surface area contributed by atoms with Crippen LogP contribution in [-0.2, 0) is 0 Å². The van der Waals surface area contributed by atoms with E-state index >= 15 is 0 Å². The van der Waals surface area contributed by atoms with Crippen molar-refractivity contribution in [2.45, 2.75) is 0 Å². The summed E-state index contributed by atoms with van der Waals surface area (Å²) >= 11 is 3.40. The van der Waals surface area contributed by atoms with Crippen LogP contribution in [0.2, 0.25) is 0 Å². The first-order valence-electron chi connectivity index (χ1n) is 7.89. The van der Waals surface area contributed by atoms with Crippen molar-refractivity contribution < 1.29 is 23.4 Å². The second-order valence-electron chi connectivity index (χ2n) is 5.42. The zero-order chi connectivity index (χ0) is 19.4. The van der Waals surface area contributed by atoms with Gasteiger partial charge in [0.2, 0.25) is 0 Å². The molecule has 1 amide bonds. The summed E-state index contributed by atoms with van der Waals surface area (Å²) in [4.78, 5) is 12.3. The van der Waals surface area contributed by atoms with E-state index in [1.54, 1.807) is 45.6 Å². The molecule has 1 N–H and O–H groups in total. The van der Waals surface area contributed by atoms with Gasteiger partial charge in [0.15, 0.2) is 17.1 Å². The topological polar surface area (TPSA) is 82.3 Å². The summed E-state index contributed by atoms with van der Waals surface area (Å²) in [5, 5.41) is 4.75. The Hall–Kier alpha value is -3.00. The molecule has 3 rings (SSSR count). The van der Waals surface area contributed by atoms with Gasteiger partial charge >= 0.3 is 5.91 Å². The number of carbonyl (C=O) groups excluding carboxylic acids is 1. The number of ether oxygens (including phenoxy) is 3. The third kappa shape index (κ3) is 3.90. The van der Waals surface area contributed by atoms with E-state index in [9.17, 15) is 4.79 Å². The second kappa shape index (κ2) is 8.13. The molecule has 0 saturated carbocycles. The van der Waals surface area contributed by atoms with Crippen molar-refractivity contribution in [1.82, 2.24) is 5.43 Å². The molecular weight excluding hydrogens is 416 g/mol. The molecule has 0 radical (unpaired) electrons. The van der Waals surface area contributed by atoms with Gasteiger partial charge in [0.25, 0.3) is 0 Å². The van der Waals surface area contributed by atoms with E-state index in [-0.39, 0.29) is 5.76 Å². The van der Waals surface area contributed by atoms with Gasteiger partial charge in [0.1, 0.15) is 11.5 Å². The highest BCUT2D eigenvalue weighted by molar-refractivity contribution is 9.10. The molecule has 3 aromatic rings. The lowest BCUT2D eigenvalue weighted by Gasteiger charge is -2.09. The molecule has 1 heterocycles. The zero-order valence-corrected chi connectivity index (χ0v) is 16.5. The third-order valence-corrected chi connectivity index (χ3v) is 4.45. The first kappa shape index (κ1) is 18.8. The smallest absolute Gasteiger partial charge is 0.307 e. The maximum atomic E-state index is 12.3. The first-order valence-corrected chi connectivity index (χ1v) is 8.68. The number of carbonyl (C=O) groups is 1. The predicted octanol–water partition coefficient (Wildman–Crippen LogP) is 3.99. The van der Waals surface area contributed by atoms with Crippen LogP contribution in [-0.4, -0.2) is 33.5 Å². The number of hydrogen-bond donors (Lipinski definition) is 1. The Bertz CT molecular complexity index is 1010. The fourth-order valence-corrected chi connectivity index (χ4v) is 3.03. The minimum atomic E-state index is -0.476. The number of halogens is 1. The molecule has 0 unspecified atom stereocenters. The number of nitrogens with one attached hydrogen (secondary N) is 1. The number of hydrazone groups is 1. The summed E-state index contributed by atoms with van der Waals surface area (Å²) in [6, 6.07) is 10.6. The quantitative estimate of drug-likeness (QED) is 0.470. The van der Waals surface area contributed by atoms with Gasteiger partial charge in [-0.1, -0.05) is 12.1 Å². The summed E-state index contributed by atoms with van der Waals surface area (Å²) in [7, 11) is 4.65. The van der Waals surface area contributed by atoms with Crippen molar-refractivity contribution in [2.75, 3.05) is 21.3 Å². The SMILES string of the molecule is COc1cc(OC)c(/C=N\NC(=O)c2cc3cccc(OC)c3o2)cc1Br. The second-order valence-corrected chi connectivity index (χ2v) is 6.27. The molecule has 0 atom stereocenters. The van der Waals surface area contributed by atoms with Crippen LogP contribution < -0.4 is 19.6 Å². The van der Waals surface area contributed by atoms with E-state index in [4.69, 9.17) is 18.6 Å². The van der Waals surface area contributed by atoms with Crippen LogP contribution in [0.3, 0.4) is 0 Å². The van der Waals surface area contributed by atoms with Crippen LogP contribution in [0, 0.1) is 0 Å². The van der Waals surface area contributed by atoms with Crippen LogP contribution >= 0.6 is 15.9 Å². The molecule has 0 fully saturated rings. The van der Waals surface area contributed by atoms with E-state index in [0.29, 0.717) is 28.4 Å². The van der Waals surface area contributed by atoms with Crippen molar-refractivity contribution >= 4 is 39.0 Å². The molecule has 140 valence electrons. The van der Waals surface area contributed by atoms with E-state index in [0.717, 1.165) is 9.86 Å². The molecular formula is C19H17BrN2O5. The lowest BCUT2D eigenvalue weighted by molar-refractivity contribution is 0.0929. The lowest BCUT2D eigenvalue weighted by Crippen LogP contribution is -2.16. The highest BCUT2D eigenvalue weighted by Gasteiger charge is 2.14. The monoisotopic (exact) mass is 432 g/mol. The van der Waals surface area contributed by atoms with Gasteiger partial charge in [-0.05, 0) is 34.1 Å². The average Bonchev–Trinajstić information content (AvgIpc) is 3.12. The lowest BCUT2D eigenvalue weighted by atomic mass is 10.2. The number of amides is 1. The fourth-order valence-electron chi connectivity index (χ4n) is 2.51. The number of rotatable bonds is 6. The Morgan fingerprint density at radius 1 is 1.07 bits per heavy atom. The standard InChI is InChI=1S/C19H17BrN2O5/c1-24-14-6-4-5-11-8-17(27-18(11)14)19(23)22-21-10-12-7-13(20)16(26-3)9-15(12)25-2/h4-10H,1-3H3,(H,22,23)/b21-10-. The Labute approximate surface area is 164 Å². The van der Waals surface area contributed by atoms with Crippen LogP contribution in [0.1, 0.15) is 16.1 Å². The van der Waals surface area contributed by atoms with E-state index in [1.165, 1.54) is 6.21 Å². The Morgan fingerprint density at radius 2 is 1.81 bits per heavy atom. The first-order chi connectivity index (χ1) is 13.1. The largest absolute Gasteiger partial charge is 0.496 e. The molecule has 8 heteroatoms. The van der Waals surface area contributed by atoms with Crippen molar-refractivity contribution in [3.05, 3.63) is 52.2 Å². The summed E-state index contributed by atoms with van der Waals surface area (Å²) in [5.41, 5.74) is 3.61. The van der Waals surface area contributed by atoms with Gasteiger partial charge in [-0.2, -0.15) is 5.10 Å². The number of hydrogen-bond acceptors (Lipinski definition) is 6. The molecule has 0 aliphatic carbocycles. The van der Waals surface area contributed by atoms with Gasteiger partial charge in [-0.25, -0.2) is 5.43 Å². The van der Waals surface area contributed by atoms with Gasteiger partial charge in [-0.15, -0.1) is 0 Å². The number of benzene rings is 2. The third-order valence-electron chi connectivity index (χ3n) is 3.83. The highest BCUT2D eigenvalue weighted by Crippen LogP contribution is 2.32. The molecule has 1 aromatic heterocycles. The Morgan fingerprint density at radius 3 is 2.52 bits per heavy atom. The molecule has 7 nitrogen and oxygen atoms in total. The number of nitrogens with zero attached hydrogens (tertiary/aromatic N) is 1. The molecule has 0 saturated heterocycles. The normalized spacial score (nSPS) is 11.0. The van der Waals surface area contributed by atoms with Gasteiger partial charge in [0, 0.05) is 17.0 Å². The predicted molar refractivity (Wildman–Crippen MR) is 105 cm³/mol. The highest BCUT2D eigenvalue weighted by atomic mass is 79.9. The molecule has 0 bridgehead atoms. The summed E-state index contributed by atoms with van der Waals surface area (Å²) in [6.07, 6.45) is 1.48. The van der Waals surface area contributed by atoms with Crippen molar-refractivity contribution in [3.8, 4) is 17.2 Å². The fraction of sp³-hybridized carbons (Fsp3) is 0.158. The summed E-state index contributed by atoms with van der Waals surface area (Å²) in [5.74, 6) is 1.40. The van der Waals surface area contributed by atoms with E-state index in [1.807, 2.05) is 12.1 Å². The molecule has 27 heavy (non-hydrogen) atoms. The van der Waals surface area contributed by atoms with Crippen LogP contribution in [0.5, 0.6) is 17.2 Å². The summed E-state index contributed by atoms with van der Waals surface area (Å²) in [6.45, 7) is 0. The van der Waals surface area contributed by atoms with Crippen LogP contribution in [0.4, 0.5) is 0 Å². The van der Waals surface area contributed by atoms with Crippen LogP contribution in [0.15, 0.2) is 50.4 Å². The van der Waals surface area contributed by atoms with E-state index < -0.39 is 5.91 Å². The number of fused-ring (bicyclic) bond motifs is 1. The molecule has 0 aliphatic heterocycles. The Kier molecular flexibility index (Phi) is 5.66. The number of methoxy groups -OCH3 is 3. The minimum Gasteiger partial charge on any atom is -0.496 e. The van der Waals surface area contributed by atoms with Gasteiger partial charge < -0.3 is 18.6 Å². The van der Waals surface area contributed by atoms with Crippen LogP contribution in [0.25, 0.3) is 11.0 Å². The number of para-hydroxylation sites is 1. The van der Waals surface area contributed by atoms with E-state index in [2.05, 4.69) is 26.5 Å². The van der Waals surface area contributed by atoms with Crippen molar-refractivity contribution in [1.29, 1.82) is 0 Å². The van der Waals surface area contributed by atoms with Crippen molar-refractivity contribution in [2.24, 2.45) is 5.10 Å². The maximum absolute atomic E-state index is 12.3. The summed E-state index contributed by atoms with van der Waals surface area (Å²) < 4.78 is 22.1.